The van der Waals surface area contributed by atoms with E-state index >= 15 is 0 Å². The Hall–Kier alpha value is -1.28. The first-order valence-electron chi connectivity index (χ1n) is 7.65. The summed E-state index contributed by atoms with van der Waals surface area (Å²) in [5.74, 6) is 0. The molecule has 1 heteroatoms. The Morgan fingerprint density at radius 3 is 2.43 bits per heavy atom. The zero-order valence-electron chi connectivity index (χ0n) is 12.6. The molecule has 2 aliphatic rings. The normalized spacial score (nSPS) is 18.8. The van der Waals surface area contributed by atoms with Crippen molar-refractivity contribution in [3.63, 3.8) is 0 Å². The molecule has 1 atom stereocenters. The second-order valence-electron chi connectivity index (χ2n) is 6.19. The van der Waals surface area contributed by atoms with Crippen molar-refractivity contribution in [3.05, 3.63) is 77.4 Å². The number of benzene rings is 2. The molecule has 1 radical (unpaired) electrons. The molecule has 1 unspecified atom stereocenters. The fourth-order valence-electron chi connectivity index (χ4n) is 3.79. The fourth-order valence-corrected chi connectivity index (χ4v) is 8.82. The van der Waals surface area contributed by atoms with Crippen LogP contribution in [0.3, 0.4) is 0 Å². The number of rotatable bonds is 2. The van der Waals surface area contributed by atoms with Crippen LogP contribution >= 0.6 is 0 Å². The summed E-state index contributed by atoms with van der Waals surface area (Å²) in [6.45, 7) is 0. The standard InChI is InChI=1S/C18H13.2CH3.Sn/c1-2-7-13(6-1)15-10-5-11-17-16-9-4-3-8-14(16)12-18(15)17;;;/h1-6,8-12H,7H2;2*1H3;. The molecule has 0 aliphatic heterocycles. The molecule has 0 bridgehead atoms. The minimum absolute atomic E-state index is 0.719. The number of allylic oxidation sites excluding steroid dienone is 4. The van der Waals surface area contributed by atoms with Crippen molar-refractivity contribution in [2.24, 2.45) is 0 Å². The van der Waals surface area contributed by atoms with Crippen LogP contribution in [-0.4, -0.2) is 19.8 Å². The van der Waals surface area contributed by atoms with Gasteiger partial charge >= 0.3 is 134 Å². The van der Waals surface area contributed by atoms with Crippen LogP contribution in [0.15, 0.2) is 60.7 Å². The van der Waals surface area contributed by atoms with Gasteiger partial charge in [-0.05, 0) is 0 Å². The molecule has 0 N–H and O–H groups in total. The molecule has 4 rings (SSSR count). The van der Waals surface area contributed by atoms with Crippen molar-refractivity contribution < 1.29 is 0 Å². The first kappa shape index (κ1) is 13.4. The van der Waals surface area contributed by atoms with Crippen LogP contribution in [0.25, 0.3) is 16.7 Å². The van der Waals surface area contributed by atoms with Gasteiger partial charge in [0.25, 0.3) is 0 Å². The Bertz CT molecular complexity index is 765. The van der Waals surface area contributed by atoms with Gasteiger partial charge in [0.1, 0.15) is 0 Å². The van der Waals surface area contributed by atoms with E-state index in [0.29, 0.717) is 0 Å². The van der Waals surface area contributed by atoms with E-state index in [4.69, 9.17) is 0 Å². The van der Waals surface area contributed by atoms with E-state index in [-0.39, 0.29) is 0 Å². The zero-order valence-corrected chi connectivity index (χ0v) is 15.4. The average Bonchev–Trinajstić information content (AvgIpc) is 3.12. The quantitative estimate of drug-likeness (QED) is 0.611. The second-order valence-corrected chi connectivity index (χ2v) is 14.0. The second kappa shape index (κ2) is 5.17. The van der Waals surface area contributed by atoms with Crippen molar-refractivity contribution in [1.82, 2.24) is 0 Å². The molecule has 2 aromatic carbocycles. The summed E-state index contributed by atoms with van der Waals surface area (Å²) in [5, 5.41) is 0. The van der Waals surface area contributed by atoms with Gasteiger partial charge in [-0.3, -0.25) is 0 Å². The Balaban J connectivity index is 1.98. The summed E-state index contributed by atoms with van der Waals surface area (Å²) in [7, 11) is 0. The van der Waals surface area contributed by atoms with E-state index in [0.717, 1.165) is 10.4 Å². The van der Waals surface area contributed by atoms with Crippen LogP contribution in [0.4, 0.5) is 0 Å². The molecule has 0 spiro atoms. The van der Waals surface area contributed by atoms with E-state index in [1.165, 1.54) is 22.3 Å². The minimum atomic E-state index is -1.41. The van der Waals surface area contributed by atoms with Crippen molar-refractivity contribution >= 4 is 25.3 Å². The van der Waals surface area contributed by atoms with Crippen LogP contribution in [0, 0.1) is 0 Å². The average molecular weight is 378 g/mol. The third-order valence-electron chi connectivity index (χ3n) is 4.65. The van der Waals surface area contributed by atoms with Gasteiger partial charge in [0.05, 0.1) is 0 Å². The zero-order chi connectivity index (χ0) is 14.4. The van der Waals surface area contributed by atoms with Crippen molar-refractivity contribution in [2.45, 2.75) is 20.2 Å². The molecule has 21 heavy (non-hydrogen) atoms. The molecule has 0 saturated heterocycles. The van der Waals surface area contributed by atoms with Crippen LogP contribution in [0.1, 0.15) is 27.0 Å². The van der Waals surface area contributed by atoms with E-state index in [2.05, 4.69) is 70.6 Å². The van der Waals surface area contributed by atoms with Gasteiger partial charge in [0.2, 0.25) is 0 Å². The fraction of sp³-hybridized carbons (Fsp3) is 0.200. The Morgan fingerprint density at radius 1 is 0.905 bits per heavy atom. The predicted molar refractivity (Wildman–Crippen MR) is 92.9 cm³/mol. The van der Waals surface area contributed by atoms with Crippen LogP contribution in [-0.2, 0) is 0 Å². The molecule has 0 saturated carbocycles. The third kappa shape index (κ3) is 2.03. The van der Waals surface area contributed by atoms with Crippen LogP contribution < -0.4 is 0 Å². The monoisotopic (exact) mass is 379 g/mol. The number of hydrogen-bond acceptors (Lipinski definition) is 0. The molecule has 0 heterocycles. The van der Waals surface area contributed by atoms with Crippen molar-refractivity contribution in [2.75, 3.05) is 0 Å². The maximum atomic E-state index is 2.54. The van der Waals surface area contributed by atoms with Gasteiger partial charge in [0, 0.05) is 0 Å². The summed E-state index contributed by atoms with van der Waals surface area (Å²) < 4.78 is 0.719. The van der Waals surface area contributed by atoms with E-state index in [1.54, 1.807) is 11.1 Å². The molecule has 0 fully saturated rings. The molecular weight excluding hydrogens is 359 g/mol. The Kier molecular flexibility index (Phi) is 3.29. The Morgan fingerprint density at radius 2 is 1.67 bits per heavy atom. The summed E-state index contributed by atoms with van der Waals surface area (Å²) in [6.07, 6.45) is 7.85. The molecule has 0 aromatic heterocycles. The first-order valence-corrected chi connectivity index (χ1v) is 15.0. The van der Waals surface area contributed by atoms with E-state index in [9.17, 15) is 0 Å². The van der Waals surface area contributed by atoms with Crippen LogP contribution in [0.2, 0.25) is 9.88 Å². The molecular formula is C20H19Sn. The van der Waals surface area contributed by atoms with E-state index < -0.39 is 19.8 Å². The van der Waals surface area contributed by atoms with Crippen molar-refractivity contribution in [3.8, 4) is 11.1 Å². The van der Waals surface area contributed by atoms with Gasteiger partial charge < -0.3 is 0 Å². The van der Waals surface area contributed by atoms with Gasteiger partial charge in [-0.15, -0.1) is 0 Å². The summed E-state index contributed by atoms with van der Waals surface area (Å²) in [4.78, 5) is 5.08. The number of fused-ring (bicyclic) bond motifs is 3. The van der Waals surface area contributed by atoms with Crippen LogP contribution in [0.5, 0.6) is 0 Å². The molecule has 2 aromatic rings. The molecule has 103 valence electrons. The maximum absolute atomic E-state index is 2.54. The third-order valence-corrected chi connectivity index (χ3v) is 9.66. The SMILES string of the molecule is [CH3][Sn]([CH3])[CH]1c2ccccc2-c2cccc(C3=CC=CC3)c21. The van der Waals surface area contributed by atoms with Gasteiger partial charge in [-0.2, -0.15) is 0 Å². The summed E-state index contributed by atoms with van der Waals surface area (Å²) in [6, 6.07) is 16.0. The summed E-state index contributed by atoms with van der Waals surface area (Å²) in [5.41, 5.74) is 9.18. The molecule has 0 amide bonds. The van der Waals surface area contributed by atoms with Gasteiger partial charge in [-0.1, -0.05) is 0 Å². The first-order chi connectivity index (χ1) is 10.3. The Labute approximate surface area is 133 Å². The molecule has 0 nitrogen and oxygen atoms in total. The van der Waals surface area contributed by atoms with Gasteiger partial charge in [-0.25, -0.2) is 0 Å². The summed E-state index contributed by atoms with van der Waals surface area (Å²) >= 11 is -1.41. The molecule has 2 aliphatic carbocycles. The number of hydrogen-bond donors (Lipinski definition) is 0. The van der Waals surface area contributed by atoms with Gasteiger partial charge in [0.15, 0.2) is 0 Å². The van der Waals surface area contributed by atoms with Crippen molar-refractivity contribution in [1.29, 1.82) is 0 Å². The predicted octanol–water partition coefficient (Wildman–Crippen LogP) is 5.44. The van der Waals surface area contributed by atoms with E-state index in [1.807, 2.05) is 0 Å². The topological polar surface area (TPSA) is 0 Å².